The first-order chi connectivity index (χ1) is 8.97. The maximum atomic E-state index is 11.5. The van der Waals surface area contributed by atoms with Crippen LogP contribution in [0.5, 0.6) is 11.5 Å². The van der Waals surface area contributed by atoms with Crippen LogP contribution in [-0.4, -0.2) is 26.9 Å². The molecule has 0 aromatic heterocycles. The van der Waals surface area contributed by atoms with E-state index < -0.39 is 6.09 Å². The van der Waals surface area contributed by atoms with Gasteiger partial charge in [-0.15, -0.1) is 0 Å². The number of amides is 1. The van der Waals surface area contributed by atoms with Gasteiger partial charge in [0.2, 0.25) is 0 Å². The van der Waals surface area contributed by atoms with Gasteiger partial charge in [-0.1, -0.05) is 13.8 Å². The molecule has 5 nitrogen and oxygen atoms in total. The highest BCUT2D eigenvalue weighted by molar-refractivity contribution is 5.69. The van der Waals surface area contributed by atoms with Crippen molar-refractivity contribution in [2.24, 2.45) is 5.41 Å². The molecule has 5 heteroatoms. The van der Waals surface area contributed by atoms with Gasteiger partial charge < -0.3 is 19.5 Å². The number of hydrogen-bond donors (Lipinski definition) is 1. The van der Waals surface area contributed by atoms with Gasteiger partial charge >= 0.3 is 6.09 Å². The minimum atomic E-state index is -0.401. The first kappa shape index (κ1) is 13.5. The van der Waals surface area contributed by atoms with E-state index in [2.05, 4.69) is 5.32 Å². The first-order valence-corrected chi connectivity index (χ1v) is 6.13. The van der Waals surface area contributed by atoms with Crippen LogP contribution in [-0.2, 0) is 4.74 Å². The maximum Gasteiger partial charge on any atom is 0.407 e. The molecule has 0 saturated carbocycles. The fourth-order valence-electron chi connectivity index (χ4n) is 2.25. The number of carbonyl (C=O) groups excluding carboxylic acids is 1. The third-order valence-corrected chi connectivity index (χ3v) is 3.37. The van der Waals surface area contributed by atoms with Gasteiger partial charge in [0, 0.05) is 17.0 Å². The van der Waals surface area contributed by atoms with Crippen molar-refractivity contribution >= 4 is 6.09 Å². The lowest BCUT2D eigenvalue weighted by molar-refractivity contribution is 0.0381. The highest BCUT2D eigenvalue weighted by Gasteiger charge is 2.39. The van der Waals surface area contributed by atoms with E-state index in [1.807, 2.05) is 32.0 Å². The van der Waals surface area contributed by atoms with E-state index in [0.717, 1.165) is 11.3 Å². The third kappa shape index (κ3) is 2.59. The smallest absolute Gasteiger partial charge is 0.407 e. The summed E-state index contributed by atoms with van der Waals surface area (Å²) in [7, 11) is 3.21. The minimum absolute atomic E-state index is 0.158. The summed E-state index contributed by atoms with van der Waals surface area (Å²) in [4.78, 5) is 11.5. The van der Waals surface area contributed by atoms with Crippen LogP contribution in [0.3, 0.4) is 0 Å². The Balaban J connectivity index is 2.41. The van der Waals surface area contributed by atoms with Crippen LogP contribution in [0.4, 0.5) is 4.79 Å². The van der Waals surface area contributed by atoms with Gasteiger partial charge in [0.05, 0.1) is 20.3 Å². The molecule has 1 fully saturated rings. The van der Waals surface area contributed by atoms with Crippen LogP contribution in [0.15, 0.2) is 18.2 Å². The largest absolute Gasteiger partial charge is 0.497 e. The second-order valence-corrected chi connectivity index (χ2v) is 5.25. The average Bonchev–Trinajstić information content (AvgIpc) is 2.41. The van der Waals surface area contributed by atoms with Gasteiger partial charge in [-0.25, -0.2) is 4.79 Å². The summed E-state index contributed by atoms with van der Waals surface area (Å²) in [5.41, 5.74) is 0.709. The monoisotopic (exact) mass is 265 g/mol. The molecule has 1 heterocycles. The lowest BCUT2D eigenvalue weighted by Gasteiger charge is -2.39. The number of cyclic esters (lactones) is 1. The topological polar surface area (TPSA) is 56.8 Å². The van der Waals surface area contributed by atoms with E-state index in [-0.39, 0.29) is 11.5 Å². The second-order valence-electron chi connectivity index (χ2n) is 5.25. The summed E-state index contributed by atoms with van der Waals surface area (Å²) in [6.45, 7) is 4.46. The van der Waals surface area contributed by atoms with E-state index in [9.17, 15) is 4.79 Å². The number of hydrogen-bond acceptors (Lipinski definition) is 4. The minimum Gasteiger partial charge on any atom is -0.497 e. The van der Waals surface area contributed by atoms with Crippen molar-refractivity contribution in [2.75, 3.05) is 20.8 Å². The van der Waals surface area contributed by atoms with E-state index in [0.29, 0.717) is 12.4 Å². The highest BCUT2D eigenvalue weighted by atomic mass is 16.6. The molecule has 104 valence electrons. The van der Waals surface area contributed by atoms with Crippen molar-refractivity contribution < 1.29 is 19.0 Å². The van der Waals surface area contributed by atoms with Gasteiger partial charge in [-0.3, -0.25) is 0 Å². The average molecular weight is 265 g/mol. The van der Waals surface area contributed by atoms with E-state index >= 15 is 0 Å². The van der Waals surface area contributed by atoms with Gasteiger partial charge in [0.25, 0.3) is 0 Å². The summed E-state index contributed by atoms with van der Waals surface area (Å²) in [6, 6.07) is 5.42. The third-order valence-electron chi connectivity index (χ3n) is 3.37. The van der Waals surface area contributed by atoms with Gasteiger partial charge in [-0.2, -0.15) is 0 Å². The number of ether oxygens (including phenoxy) is 3. The zero-order chi connectivity index (χ0) is 14.0. The number of rotatable bonds is 3. The SMILES string of the molecule is COc1ccc([C@H]2NC(=O)OCC2(C)C)c(OC)c1. The number of benzene rings is 1. The number of carbonyl (C=O) groups is 1. The normalized spacial score (nSPS) is 21.3. The van der Waals surface area contributed by atoms with Crippen LogP contribution in [0.2, 0.25) is 0 Å². The molecule has 1 saturated heterocycles. The predicted octanol–water partition coefficient (Wildman–Crippen LogP) is 2.51. The zero-order valence-corrected chi connectivity index (χ0v) is 11.6. The van der Waals surface area contributed by atoms with Crippen LogP contribution in [0.25, 0.3) is 0 Å². The highest BCUT2D eigenvalue weighted by Crippen LogP contribution is 2.41. The van der Waals surface area contributed by atoms with Crippen molar-refractivity contribution in [1.29, 1.82) is 0 Å². The van der Waals surface area contributed by atoms with Crippen LogP contribution >= 0.6 is 0 Å². The van der Waals surface area contributed by atoms with Crippen molar-refractivity contribution in [1.82, 2.24) is 5.32 Å². The van der Waals surface area contributed by atoms with Gasteiger partial charge in [0.15, 0.2) is 0 Å². The Bertz CT molecular complexity index is 484. The molecule has 1 N–H and O–H groups in total. The molecule has 0 aliphatic carbocycles. The molecule has 1 atom stereocenters. The molecule has 1 aliphatic heterocycles. The molecule has 0 spiro atoms. The second kappa shape index (κ2) is 4.99. The molecule has 1 amide bonds. The standard InChI is InChI=1S/C14H19NO4/c1-14(2)8-19-13(16)15-12(14)10-6-5-9(17-3)7-11(10)18-4/h5-7,12H,8H2,1-4H3,(H,15,16)/t12-/m1/s1. The molecular formula is C14H19NO4. The summed E-state index contributed by atoms with van der Waals surface area (Å²) < 4.78 is 15.6. The Morgan fingerprint density at radius 1 is 1.32 bits per heavy atom. The molecular weight excluding hydrogens is 246 g/mol. The number of methoxy groups -OCH3 is 2. The molecule has 2 rings (SSSR count). The lowest BCUT2D eigenvalue weighted by Crippen LogP contribution is -2.47. The fourth-order valence-corrected chi connectivity index (χ4v) is 2.25. The molecule has 19 heavy (non-hydrogen) atoms. The Morgan fingerprint density at radius 3 is 2.68 bits per heavy atom. The van der Waals surface area contributed by atoms with Crippen molar-refractivity contribution in [3.63, 3.8) is 0 Å². The predicted molar refractivity (Wildman–Crippen MR) is 70.6 cm³/mol. The summed E-state index contributed by atoms with van der Waals surface area (Å²) >= 11 is 0. The lowest BCUT2D eigenvalue weighted by atomic mass is 9.80. The molecule has 0 bridgehead atoms. The van der Waals surface area contributed by atoms with E-state index in [4.69, 9.17) is 14.2 Å². The first-order valence-electron chi connectivity index (χ1n) is 6.13. The quantitative estimate of drug-likeness (QED) is 0.912. The molecule has 1 aliphatic rings. The van der Waals surface area contributed by atoms with E-state index in [1.54, 1.807) is 14.2 Å². The zero-order valence-electron chi connectivity index (χ0n) is 11.6. The molecule has 0 radical (unpaired) electrons. The molecule has 1 aromatic rings. The van der Waals surface area contributed by atoms with Crippen molar-refractivity contribution in [3.05, 3.63) is 23.8 Å². The van der Waals surface area contributed by atoms with Crippen molar-refractivity contribution in [3.8, 4) is 11.5 Å². The summed E-state index contributed by atoms with van der Waals surface area (Å²) in [5, 5.41) is 2.85. The summed E-state index contributed by atoms with van der Waals surface area (Å²) in [5.74, 6) is 1.41. The number of alkyl carbamates (subject to hydrolysis) is 1. The van der Waals surface area contributed by atoms with Crippen molar-refractivity contribution in [2.45, 2.75) is 19.9 Å². The Hall–Kier alpha value is -1.91. The van der Waals surface area contributed by atoms with E-state index in [1.165, 1.54) is 0 Å². The maximum absolute atomic E-state index is 11.5. The Kier molecular flexibility index (Phi) is 3.55. The summed E-state index contributed by atoms with van der Waals surface area (Å²) in [6.07, 6.45) is -0.401. The molecule has 1 aromatic carbocycles. The molecule has 0 unspecified atom stereocenters. The van der Waals surface area contributed by atoms with Crippen LogP contribution in [0, 0.1) is 5.41 Å². The fraction of sp³-hybridized carbons (Fsp3) is 0.500. The number of nitrogens with one attached hydrogen (secondary N) is 1. The Morgan fingerprint density at radius 2 is 2.05 bits per heavy atom. The Labute approximate surface area is 112 Å². The van der Waals surface area contributed by atoms with Crippen LogP contribution < -0.4 is 14.8 Å². The van der Waals surface area contributed by atoms with Gasteiger partial charge in [0.1, 0.15) is 18.1 Å². The van der Waals surface area contributed by atoms with Gasteiger partial charge in [-0.05, 0) is 12.1 Å². The van der Waals surface area contributed by atoms with Crippen LogP contribution in [0.1, 0.15) is 25.5 Å².